The summed E-state index contributed by atoms with van der Waals surface area (Å²) in [6, 6.07) is 4.01. The van der Waals surface area contributed by atoms with E-state index in [9.17, 15) is 5.11 Å². The molecule has 0 aromatic carbocycles. The van der Waals surface area contributed by atoms with E-state index in [-0.39, 0.29) is 0 Å². The van der Waals surface area contributed by atoms with Gasteiger partial charge in [0.2, 0.25) is 0 Å². The lowest BCUT2D eigenvalue weighted by Gasteiger charge is -2.02. The first-order valence-electron chi connectivity index (χ1n) is 8.26. The van der Waals surface area contributed by atoms with Crippen LogP contribution in [0.2, 0.25) is 0 Å². The van der Waals surface area contributed by atoms with Crippen molar-refractivity contribution >= 4 is 29.3 Å². The van der Waals surface area contributed by atoms with Gasteiger partial charge in [0.15, 0.2) is 0 Å². The minimum absolute atomic E-state index is 0.591. The lowest BCUT2D eigenvalue weighted by molar-refractivity contribution is 0.472. The van der Waals surface area contributed by atoms with E-state index in [4.69, 9.17) is 0 Å². The van der Waals surface area contributed by atoms with E-state index in [2.05, 4.69) is 20.0 Å². The van der Waals surface area contributed by atoms with Gasteiger partial charge in [0.25, 0.3) is 0 Å². The molecule has 2 N–H and O–H groups in total. The van der Waals surface area contributed by atoms with E-state index in [0.717, 1.165) is 40.5 Å². The minimum Gasteiger partial charge on any atom is -0.515 e. The van der Waals surface area contributed by atoms with Crippen molar-refractivity contribution in [3.05, 3.63) is 95.0 Å². The first-order valence-corrected chi connectivity index (χ1v) is 8.26. The van der Waals surface area contributed by atoms with Gasteiger partial charge in [-0.25, -0.2) is 15.0 Å². The molecule has 0 amide bonds. The summed E-state index contributed by atoms with van der Waals surface area (Å²) in [7, 11) is 0. The predicted octanol–water partition coefficient (Wildman–Crippen LogP) is 4.07. The lowest BCUT2D eigenvalue weighted by Crippen LogP contribution is -2.07. The molecule has 8 bridgehead atoms. The highest BCUT2D eigenvalue weighted by Crippen LogP contribution is 2.23. The Morgan fingerprint density at radius 3 is 1.92 bits per heavy atom. The number of rotatable bonds is 0. The maximum atomic E-state index is 9.72. The largest absolute Gasteiger partial charge is 0.515 e. The Morgan fingerprint density at radius 1 is 0.692 bits per heavy atom. The number of aromatic amines is 1. The fourth-order valence-corrected chi connectivity index (χ4v) is 3.10. The normalized spacial score (nSPS) is 21.5. The molecule has 0 saturated heterocycles. The molecule has 0 aliphatic carbocycles. The van der Waals surface area contributed by atoms with Gasteiger partial charge in [-0.2, -0.15) is 0 Å². The van der Waals surface area contributed by atoms with E-state index < -0.39 is 0 Å². The molecular formula is C21H14N4O. The zero-order valence-corrected chi connectivity index (χ0v) is 13.7. The summed E-state index contributed by atoms with van der Waals surface area (Å²) in [5.74, 6) is 0. The van der Waals surface area contributed by atoms with Gasteiger partial charge in [0.1, 0.15) is 0 Å². The summed E-state index contributed by atoms with van der Waals surface area (Å²) in [6.45, 7) is 0. The zero-order chi connectivity index (χ0) is 17.5. The Labute approximate surface area is 149 Å². The van der Waals surface area contributed by atoms with E-state index in [1.807, 2.05) is 66.8 Å². The monoisotopic (exact) mass is 338 g/mol. The highest BCUT2D eigenvalue weighted by atomic mass is 16.2. The third-order valence-corrected chi connectivity index (χ3v) is 4.32. The van der Waals surface area contributed by atoms with Gasteiger partial charge >= 0.3 is 0 Å². The molecule has 0 unspecified atom stereocenters. The Hall–Kier alpha value is -3.73. The fraction of sp³-hybridized carbons (Fsp3) is 0. The lowest BCUT2D eigenvalue weighted by atomic mass is 10.1. The van der Waals surface area contributed by atoms with Crippen molar-refractivity contribution in [3.8, 4) is 0 Å². The number of nitrogens with zero attached hydrogens (tertiary/aromatic N) is 3. The molecule has 0 saturated carbocycles. The fourth-order valence-electron chi connectivity index (χ4n) is 3.10. The number of aromatic nitrogens is 1. The van der Waals surface area contributed by atoms with E-state index in [1.165, 1.54) is 0 Å². The summed E-state index contributed by atoms with van der Waals surface area (Å²) in [5, 5.41) is 9.72. The highest BCUT2D eigenvalue weighted by Gasteiger charge is 2.18. The van der Waals surface area contributed by atoms with Crippen LogP contribution in [0, 0.1) is 0 Å². The number of hydrogen-bond donors (Lipinski definition) is 2. The first kappa shape index (κ1) is 14.6. The molecular weight excluding hydrogens is 324 g/mol. The molecule has 0 atom stereocenters. The number of aliphatic hydroxyl groups is 1. The third-order valence-electron chi connectivity index (χ3n) is 4.32. The third kappa shape index (κ3) is 2.56. The molecule has 0 radical (unpaired) electrons. The van der Waals surface area contributed by atoms with Gasteiger partial charge in [0, 0.05) is 11.4 Å². The number of H-pyrrole nitrogens is 1. The van der Waals surface area contributed by atoms with Gasteiger partial charge in [-0.1, -0.05) is 0 Å². The summed E-state index contributed by atoms with van der Waals surface area (Å²) in [4.78, 5) is 17.1. The smallest absolute Gasteiger partial charge is 0.0907 e. The second kappa shape index (κ2) is 5.67. The van der Waals surface area contributed by atoms with Crippen LogP contribution in [0.4, 0.5) is 0 Å². The maximum Gasteiger partial charge on any atom is 0.0907 e. The average molecular weight is 338 g/mol. The van der Waals surface area contributed by atoms with Crippen molar-refractivity contribution in [1.82, 2.24) is 4.98 Å². The summed E-state index contributed by atoms with van der Waals surface area (Å²) < 4.78 is 0. The van der Waals surface area contributed by atoms with Gasteiger partial charge in [-0.15, -0.1) is 0 Å². The molecule has 5 heterocycles. The number of fused-ring (bicyclic) bond motifs is 5. The number of hydrogen-bond acceptors (Lipinski definition) is 4. The molecule has 26 heavy (non-hydrogen) atoms. The second-order valence-electron chi connectivity index (χ2n) is 6.15. The highest BCUT2D eigenvalue weighted by molar-refractivity contribution is 6.33. The molecule has 5 rings (SSSR count). The van der Waals surface area contributed by atoms with Gasteiger partial charge < -0.3 is 10.1 Å². The summed E-state index contributed by atoms with van der Waals surface area (Å²) in [6.07, 6.45) is 18.4. The molecule has 1 aromatic rings. The summed E-state index contributed by atoms with van der Waals surface area (Å²) >= 11 is 0. The van der Waals surface area contributed by atoms with Crippen molar-refractivity contribution in [3.63, 3.8) is 0 Å². The molecule has 4 aliphatic heterocycles. The van der Waals surface area contributed by atoms with E-state index in [0.29, 0.717) is 17.0 Å². The van der Waals surface area contributed by atoms with Crippen LogP contribution in [0.1, 0.15) is 11.4 Å². The molecule has 1 aromatic heterocycles. The maximum absolute atomic E-state index is 9.72. The number of aliphatic imine (C=N–C) groups is 3. The molecule has 5 nitrogen and oxygen atoms in total. The molecule has 5 heteroatoms. The van der Waals surface area contributed by atoms with Crippen LogP contribution in [0.3, 0.4) is 0 Å². The number of nitrogens with one attached hydrogen (secondary N) is 1. The van der Waals surface area contributed by atoms with Crippen molar-refractivity contribution in [2.24, 2.45) is 15.0 Å². The second-order valence-corrected chi connectivity index (χ2v) is 6.15. The van der Waals surface area contributed by atoms with Crippen LogP contribution < -0.4 is 0 Å². The van der Waals surface area contributed by atoms with Crippen molar-refractivity contribution < 1.29 is 5.11 Å². The first-order chi connectivity index (χ1) is 12.8. The molecule has 0 fully saturated rings. The van der Waals surface area contributed by atoms with Crippen LogP contribution >= 0.6 is 0 Å². The number of allylic oxidation sites excluding steroid dienone is 8. The Morgan fingerprint density at radius 2 is 1.27 bits per heavy atom. The Kier molecular flexibility index (Phi) is 3.18. The SMILES string of the molecule is O/C=C1\C2=NC(=CC3=NC(=Cc4ccc([nH]4)C=C4C=CC1=N4)C=C3)C=C2. The van der Waals surface area contributed by atoms with Crippen LogP contribution in [-0.2, 0) is 0 Å². The quantitative estimate of drug-likeness (QED) is 0.688. The van der Waals surface area contributed by atoms with Gasteiger partial charge in [-0.3, -0.25) is 0 Å². The average Bonchev–Trinajstić information content (AvgIpc) is 3.39. The van der Waals surface area contributed by atoms with E-state index in [1.54, 1.807) is 0 Å². The molecule has 0 spiro atoms. The standard InChI is InChI=1S/C21H14N4O/c26-12-19-20-7-5-17(24-20)10-15-3-1-13(22-15)9-14-2-4-16(23-14)11-18-6-8-21(19)25-18/h1-12,22,26H/b14-9?,17-10?,18-11?,19-12-. The molecule has 4 aliphatic rings. The summed E-state index contributed by atoms with van der Waals surface area (Å²) in [5.41, 5.74) is 7.21. The van der Waals surface area contributed by atoms with Crippen LogP contribution in [-0.4, -0.2) is 27.2 Å². The number of aliphatic hydroxyl groups excluding tert-OH is 1. The van der Waals surface area contributed by atoms with Crippen LogP contribution in [0.15, 0.2) is 98.6 Å². The minimum atomic E-state index is 0.591. The van der Waals surface area contributed by atoms with Gasteiger partial charge in [-0.05, 0) is 66.8 Å². The predicted molar refractivity (Wildman–Crippen MR) is 105 cm³/mol. The topological polar surface area (TPSA) is 73.1 Å². The van der Waals surface area contributed by atoms with E-state index >= 15 is 0 Å². The Bertz CT molecular complexity index is 1120. The Balaban J connectivity index is 1.68. The van der Waals surface area contributed by atoms with Crippen molar-refractivity contribution in [2.45, 2.75) is 0 Å². The van der Waals surface area contributed by atoms with Crippen molar-refractivity contribution in [2.75, 3.05) is 0 Å². The molecule has 124 valence electrons. The van der Waals surface area contributed by atoms with Gasteiger partial charge in [0.05, 0.1) is 46.1 Å². The van der Waals surface area contributed by atoms with Crippen LogP contribution in [0.5, 0.6) is 0 Å². The van der Waals surface area contributed by atoms with Crippen molar-refractivity contribution in [1.29, 1.82) is 0 Å². The zero-order valence-electron chi connectivity index (χ0n) is 13.7. The van der Waals surface area contributed by atoms with Crippen LogP contribution in [0.25, 0.3) is 12.2 Å².